The number of esters is 1. The Morgan fingerprint density at radius 3 is 2.56 bits per heavy atom. The number of aliphatic imine (C=N–C) groups is 1. The van der Waals surface area contributed by atoms with Crippen LogP contribution in [0.2, 0.25) is 5.02 Å². The molecule has 0 atom stereocenters. The fraction of sp³-hybridized carbons (Fsp3) is 0.111. The zero-order valence-corrected chi connectivity index (χ0v) is 20.0. The van der Waals surface area contributed by atoms with Crippen LogP contribution in [0.5, 0.6) is 5.75 Å². The summed E-state index contributed by atoms with van der Waals surface area (Å²) < 4.78 is 11.1. The number of nitrogens with zero attached hydrogens (tertiary/aromatic N) is 1. The van der Waals surface area contributed by atoms with Crippen molar-refractivity contribution in [2.24, 2.45) is 4.99 Å². The third kappa shape index (κ3) is 5.90. The first-order chi connectivity index (χ1) is 16.5. The van der Waals surface area contributed by atoms with Crippen molar-refractivity contribution in [1.29, 1.82) is 0 Å². The van der Waals surface area contributed by atoms with Gasteiger partial charge in [0.1, 0.15) is 28.7 Å². The van der Waals surface area contributed by atoms with Crippen LogP contribution in [-0.2, 0) is 16.1 Å². The molecule has 34 heavy (non-hydrogen) atoms. The Hall–Kier alpha value is -3.48. The van der Waals surface area contributed by atoms with E-state index in [0.29, 0.717) is 33.0 Å². The second-order valence-corrected chi connectivity index (χ2v) is 8.76. The van der Waals surface area contributed by atoms with Crippen molar-refractivity contribution in [3.8, 4) is 5.75 Å². The van der Waals surface area contributed by atoms with Gasteiger partial charge in [-0.2, -0.15) is 0 Å². The van der Waals surface area contributed by atoms with Gasteiger partial charge in [-0.3, -0.25) is 0 Å². The first kappa shape index (κ1) is 23.7. The molecule has 1 aliphatic heterocycles. The molecule has 1 N–H and O–H groups in total. The lowest BCUT2D eigenvalue weighted by atomic mass is 10.1. The summed E-state index contributed by atoms with van der Waals surface area (Å²) in [5.74, 6) is -0.0827. The number of halogens is 1. The average Bonchev–Trinajstić information content (AvgIpc) is 3.14. The molecule has 0 bridgehead atoms. The van der Waals surface area contributed by atoms with Gasteiger partial charge < -0.3 is 14.6 Å². The van der Waals surface area contributed by atoms with Crippen molar-refractivity contribution >= 4 is 46.1 Å². The van der Waals surface area contributed by atoms with E-state index in [1.807, 2.05) is 54.6 Å². The maximum atomic E-state index is 12.6. The summed E-state index contributed by atoms with van der Waals surface area (Å²) in [4.78, 5) is 17.6. The topological polar surface area (TPSA) is 68.1 Å². The van der Waals surface area contributed by atoms with E-state index in [9.17, 15) is 9.90 Å². The van der Waals surface area contributed by atoms with Gasteiger partial charge in [-0.25, -0.2) is 9.79 Å². The largest absolute Gasteiger partial charge is 0.506 e. The zero-order valence-electron chi connectivity index (χ0n) is 18.4. The minimum Gasteiger partial charge on any atom is -0.506 e. The second-order valence-electron chi connectivity index (χ2n) is 7.29. The number of aliphatic hydroxyl groups excluding tert-OH is 1. The molecule has 0 unspecified atom stereocenters. The van der Waals surface area contributed by atoms with E-state index in [0.717, 1.165) is 11.1 Å². The number of aliphatic hydroxyl groups is 1. The molecule has 0 aromatic heterocycles. The molecule has 3 aromatic carbocycles. The second kappa shape index (κ2) is 11.1. The number of ether oxygens (including phenoxy) is 2. The molecule has 0 saturated heterocycles. The van der Waals surface area contributed by atoms with Crippen molar-refractivity contribution in [2.45, 2.75) is 13.5 Å². The number of thioether (sulfide) groups is 1. The van der Waals surface area contributed by atoms with Crippen LogP contribution in [0.3, 0.4) is 0 Å². The summed E-state index contributed by atoms with van der Waals surface area (Å²) in [6.45, 7) is 2.35. The van der Waals surface area contributed by atoms with Crippen LogP contribution >= 0.6 is 23.4 Å². The minimum atomic E-state index is -0.622. The highest BCUT2D eigenvalue weighted by atomic mass is 35.5. The Morgan fingerprint density at radius 2 is 1.82 bits per heavy atom. The van der Waals surface area contributed by atoms with E-state index in [1.165, 1.54) is 11.8 Å². The van der Waals surface area contributed by atoms with Crippen molar-refractivity contribution in [3.63, 3.8) is 0 Å². The molecule has 0 radical (unpaired) electrons. The summed E-state index contributed by atoms with van der Waals surface area (Å²) in [6, 6.07) is 24.3. The first-order valence-electron chi connectivity index (χ1n) is 10.6. The van der Waals surface area contributed by atoms with Crippen LogP contribution in [0.25, 0.3) is 6.08 Å². The number of hydrogen-bond acceptors (Lipinski definition) is 6. The minimum absolute atomic E-state index is 0.0459. The number of carbonyl (C=O) groups excluding carboxylic acids is 1. The molecule has 5 nitrogen and oxygen atoms in total. The first-order valence-corrected chi connectivity index (χ1v) is 11.8. The van der Waals surface area contributed by atoms with E-state index >= 15 is 0 Å². The van der Waals surface area contributed by atoms with E-state index in [-0.39, 0.29) is 17.9 Å². The third-order valence-electron chi connectivity index (χ3n) is 4.83. The summed E-state index contributed by atoms with van der Waals surface area (Å²) in [5.41, 5.74) is 2.54. The molecule has 172 valence electrons. The Labute approximate surface area is 207 Å². The lowest BCUT2D eigenvalue weighted by molar-refractivity contribution is -0.138. The van der Waals surface area contributed by atoms with E-state index in [2.05, 4.69) is 4.99 Å². The molecular formula is C27H22ClNO4S. The smallest absolute Gasteiger partial charge is 0.344 e. The van der Waals surface area contributed by atoms with Crippen LogP contribution in [0.15, 0.2) is 100 Å². The van der Waals surface area contributed by atoms with Crippen molar-refractivity contribution in [3.05, 3.63) is 111 Å². The molecule has 4 rings (SSSR count). The Balaban J connectivity index is 1.61. The summed E-state index contributed by atoms with van der Waals surface area (Å²) >= 11 is 7.16. The summed E-state index contributed by atoms with van der Waals surface area (Å²) in [6.07, 6.45) is 1.79. The normalized spacial score (nSPS) is 15.7. The molecule has 1 heterocycles. The van der Waals surface area contributed by atoms with Gasteiger partial charge in [0.15, 0.2) is 0 Å². The van der Waals surface area contributed by atoms with Gasteiger partial charge in [0.25, 0.3) is 0 Å². The molecule has 0 spiro atoms. The monoisotopic (exact) mass is 491 g/mol. The van der Waals surface area contributed by atoms with E-state index in [4.69, 9.17) is 21.1 Å². The Bertz CT molecular complexity index is 1270. The molecule has 0 aliphatic carbocycles. The van der Waals surface area contributed by atoms with Gasteiger partial charge in [-0.05, 0) is 60.5 Å². The number of carbonyl (C=O) groups is 1. The van der Waals surface area contributed by atoms with E-state index < -0.39 is 5.97 Å². The van der Waals surface area contributed by atoms with Crippen LogP contribution in [0.4, 0.5) is 5.69 Å². The van der Waals surface area contributed by atoms with E-state index in [1.54, 1.807) is 37.3 Å². The fourth-order valence-electron chi connectivity index (χ4n) is 3.21. The molecule has 3 aromatic rings. The highest BCUT2D eigenvalue weighted by Gasteiger charge is 2.33. The quantitative estimate of drug-likeness (QED) is 0.356. The van der Waals surface area contributed by atoms with Crippen LogP contribution in [-0.4, -0.2) is 22.7 Å². The maximum Gasteiger partial charge on any atom is 0.344 e. The predicted molar refractivity (Wildman–Crippen MR) is 138 cm³/mol. The van der Waals surface area contributed by atoms with Gasteiger partial charge >= 0.3 is 5.97 Å². The fourth-order valence-corrected chi connectivity index (χ4v) is 4.37. The molecular weight excluding hydrogens is 470 g/mol. The molecule has 0 amide bonds. The van der Waals surface area contributed by atoms with Gasteiger partial charge in [0.2, 0.25) is 0 Å². The lowest BCUT2D eigenvalue weighted by Crippen LogP contribution is -2.12. The number of hydrogen-bond donors (Lipinski definition) is 1. The van der Waals surface area contributed by atoms with Gasteiger partial charge in [0, 0.05) is 5.02 Å². The number of rotatable bonds is 7. The summed E-state index contributed by atoms with van der Waals surface area (Å²) in [5, 5.41) is 11.8. The van der Waals surface area contributed by atoms with Crippen molar-refractivity contribution in [2.75, 3.05) is 6.61 Å². The average molecular weight is 492 g/mol. The highest BCUT2D eigenvalue weighted by Crippen LogP contribution is 2.40. The molecule has 0 fully saturated rings. The Kier molecular flexibility index (Phi) is 7.72. The van der Waals surface area contributed by atoms with Crippen molar-refractivity contribution < 1.29 is 19.4 Å². The lowest BCUT2D eigenvalue weighted by Gasteiger charge is -2.07. The molecule has 1 aliphatic rings. The van der Waals surface area contributed by atoms with Gasteiger partial charge in [-0.1, -0.05) is 65.8 Å². The standard InChI is InChI=1S/C27H22ClNO4S/c1-2-32-27(31)24-25(30)23(34-26(24)29-21-13-11-20(28)12-14-21)16-19-9-6-10-22(15-19)33-17-18-7-4-3-5-8-18/h3-16,30H,2,17H2,1H3/b23-16-,29-26?. The summed E-state index contributed by atoms with van der Waals surface area (Å²) in [7, 11) is 0. The zero-order chi connectivity index (χ0) is 23.9. The van der Waals surface area contributed by atoms with Gasteiger partial charge in [0.05, 0.1) is 17.2 Å². The molecule has 7 heteroatoms. The van der Waals surface area contributed by atoms with Crippen molar-refractivity contribution in [1.82, 2.24) is 0 Å². The maximum absolute atomic E-state index is 12.6. The van der Waals surface area contributed by atoms with Crippen LogP contribution in [0.1, 0.15) is 18.1 Å². The Morgan fingerprint density at radius 1 is 1.06 bits per heavy atom. The van der Waals surface area contributed by atoms with Crippen LogP contribution < -0.4 is 4.74 Å². The molecule has 0 saturated carbocycles. The number of benzene rings is 3. The van der Waals surface area contributed by atoms with Crippen LogP contribution in [0, 0.1) is 0 Å². The highest BCUT2D eigenvalue weighted by molar-refractivity contribution is 8.18. The third-order valence-corrected chi connectivity index (χ3v) is 6.10. The SMILES string of the molecule is CCOC(=O)C1=C(O)/C(=C/c2cccc(OCc3ccccc3)c2)SC1=Nc1ccc(Cl)cc1. The van der Waals surface area contributed by atoms with Gasteiger partial charge in [-0.15, -0.1) is 0 Å². The predicted octanol–water partition coefficient (Wildman–Crippen LogP) is 7.11.